The second kappa shape index (κ2) is 26.6. The summed E-state index contributed by atoms with van der Waals surface area (Å²) in [5, 5.41) is 2.98. The number of ether oxygens (including phenoxy) is 5. The van der Waals surface area contributed by atoms with Gasteiger partial charge in [-0.1, -0.05) is 67.2 Å². The minimum Gasteiger partial charge on any atom is -0.490 e. The number of nitrogens with one attached hydrogen (secondary N) is 1. The van der Waals surface area contributed by atoms with E-state index in [4.69, 9.17) is 23.7 Å². The zero-order chi connectivity index (χ0) is 31.5. The van der Waals surface area contributed by atoms with Crippen molar-refractivity contribution < 1.29 is 33.3 Å². The molecule has 1 rings (SSSR count). The Morgan fingerprint density at radius 1 is 0.907 bits per heavy atom. The lowest BCUT2D eigenvalue weighted by Gasteiger charge is -2.17. The fourth-order valence-electron chi connectivity index (χ4n) is 3.71. The molecule has 8 nitrogen and oxygen atoms in total. The second-order valence-corrected chi connectivity index (χ2v) is 13.3. The molecule has 1 N–H and O–H groups in total. The first kappa shape index (κ1) is 39.3. The second-order valence-electron chi connectivity index (χ2n) is 10.7. The third kappa shape index (κ3) is 23.3. The van der Waals surface area contributed by atoms with Crippen LogP contribution in [0.5, 0.6) is 5.75 Å². The average molecular weight is 640 g/mol. The maximum absolute atomic E-state index is 12.5. The van der Waals surface area contributed by atoms with Crippen molar-refractivity contribution in [3.8, 4) is 17.6 Å². The van der Waals surface area contributed by atoms with Gasteiger partial charge in [0.15, 0.2) is 0 Å². The Balaban J connectivity index is 2.10. The molecule has 0 fully saturated rings. The van der Waals surface area contributed by atoms with Crippen LogP contribution in [-0.4, -0.2) is 82.8 Å². The van der Waals surface area contributed by atoms with Gasteiger partial charge in [-0.15, -0.1) is 0 Å². The molecule has 1 amide bonds. The van der Waals surface area contributed by atoms with Crippen LogP contribution in [0.2, 0.25) is 0 Å². The highest BCUT2D eigenvalue weighted by Crippen LogP contribution is 2.25. The van der Waals surface area contributed by atoms with E-state index >= 15 is 0 Å². The van der Waals surface area contributed by atoms with Crippen molar-refractivity contribution in [3.63, 3.8) is 0 Å². The molecule has 0 aromatic heterocycles. The zero-order valence-corrected chi connectivity index (χ0v) is 28.5. The van der Waals surface area contributed by atoms with Gasteiger partial charge in [-0.05, 0) is 56.1 Å². The fraction of sp³-hybridized carbons (Fsp3) is 0.697. The van der Waals surface area contributed by atoms with Gasteiger partial charge in [0.2, 0.25) is 0 Å². The van der Waals surface area contributed by atoms with Crippen LogP contribution in [0.1, 0.15) is 76.6 Å². The lowest BCUT2D eigenvalue weighted by Crippen LogP contribution is -2.24. The number of amides is 1. The molecule has 1 aromatic carbocycles. The molecule has 1 unspecified atom stereocenters. The van der Waals surface area contributed by atoms with Gasteiger partial charge in [0.1, 0.15) is 30.2 Å². The number of ketones is 1. The van der Waals surface area contributed by atoms with E-state index in [0.717, 1.165) is 19.3 Å². The van der Waals surface area contributed by atoms with Crippen molar-refractivity contribution >= 4 is 33.3 Å². The van der Waals surface area contributed by atoms with Crippen LogP contribution in [0.4, 0.5) is 0 Å². The van der Waals surface area contributed by atoms with E-state index < -0.39 is 0 Å². The number of carbonyl (C=O) groups is 2. The van der Waals surface area contributed by atoms with Crippen LogP contribution < -0.4 is 10.1 Å². The SMILES string of the molecule is CSSC(COc1cccc(C(=O)NCCCC(C)C)c1)OCCOCCOCCCC(=O)CCCOCC#CC(C)C. The Labute approximate surface area is 267 Å². The smallest absolute Gasteiger partial charge is 0.251 e. The summed E-state index contributed by atoms with van der Waals surface area (Å²) in [6.07, 6.45) is 6.54. The van der Waals surface area contributed by atoms with Crippen molar-refractivity contribution in [1.29, 1.82) is 0 Å². The Bertz CT molecular complexity index is 933. The highest BCUT2D eigenvalue weighted by molar-refractivity contribution is 8.76. The number of Topliss-reactive ketones (excluding diaryl/α,β-unsaturated/α-hetero) is 1. The topological polar surface area (TPSA) is 92.3 Å². The summed E-state index contributed by atoms with van der Waals surface area (Å²) in [6, 6.07) is 7.23. The molecule has 0 heterocycles. The summed E-state index contributed by atoms with van der Waals surface area (Å²) in [7, 11) is 3.19. The molecular formula is C33H53NO7S2. The lowest BCUT2D eigenvalue weighted by atomic mass is 10.1. The first-order valence-corrected chi connectivity index (χ1v) is 18.0. The third-order valence-corrected chi connectivity index (χ3v) is 7.79. The summed E-state index contributed by atoms with van der Waals surface area (Å²) in [6.45, 7) is 12.8. The van der Waals surface area contributed by atoms with Crippen LogP contribution in [-0.2, 0) is 23.7 Å². The third-order valence-electron chi connectivity index (χ3n) is 5.89. The summed E-state index contributed by atoms with van der Waals surface area (Å²) in [4.78, 5) is 24.4. The summed E-state index contributed by atoms with van der Waals surface area (Å²) >= 11 is 0. The molecule has 10 heteroatoms. The number of benzene rings is 1. The van der Waals surface area contributed by atoms with Crippen molar-refractivity contribution in [2.45, 2.75) is 71.7 Å². The Morgan fingerprint density at radius 2 is 1.60 bits per heavy atom. The Morgan fingerprint density at radius 3 is 2.30 bits per heavy atom. The number of hydrogen-bond acceptors (Lipinski definition) is 9. The molecule has 0 spiro atoms. The van der Waals surface area contributed by atoms with E-state index in [-0.39, 0.29) is 17.1 Å². The molecule has 0 bridgehead atoms. The molecule has 244 valence electrons. The molecule has 0 aliphatic heterocycles. The first-order chi connectivity index (χ1) is 20.8. The molecule has 0 saturated heterocycles. The lowest BCUT2D eigenvalue weighted by molar-refractivity contribution is -0.119. The van der Waals surface area contributed by atoms with E-state index in [1.165, 1.54) is 0 Å². The Kier molecular flexibility index (Phi) is 24.3. The van der Waals surface area contributed by atoms with E-state index in [0.29, 0.717) is 102 Å². The van der Waals surface area contributed by atoms with E-state index in [1.54, 1.807) is 33.7 Å². The van der Waals surface area contributed by atoms with Gasteiger partial charge in [0.05, 0.1) is 26.4 Å². The van der Waals surface area contributed by atoms with Crippen LogP contribution in [0.25, 0.3) is 0 Å². The molecular weight excluding hydrogens is 586 g/mol. The molecule has 0 aliphatic carbocycles. The highest BCUT2D eigenvalue weighted by atomic mass is 33.1. The van der Waals surface area contributed by atoms with Gasteiger partial charge >= 0.3 is 0 Å². The number of carbonyl (C=O) groups excluding carboxylic acids is 2. The minimum atomic E-state index is -0.175. The van der Waals surface area contributed by atoms with Crippen LogP contribution in [0.15, 0.2) is 24.3 Å². The average Bonchev–Trinajstić information content (AvgIpc) is 2.98. The summed E-state index contributed by atoms with van der Waals surface area (Å²) in [5.41, 5.74) is 0.412. The normalized spacial score (nSPS) is 11.8. The minimum absolute atomic E-state index is 0.0874. The van der Waals surface area contributed by atoms with Crippen molar-refractivity contribution in [3.05, 3.63) is 29.8 Å². The van der Waals surface area contributed by atoms with Crippen molar-refractivity contribution in [1.82, 2.24) is 5.32 Å². The quantitative estimate of drug-likeness (QED) is 0.0533. The zero-order valence-electron chi connectivity index (χ0n) is 26.8. The van der Waals surface area contributed by atoms with Gasteiger partial charge in [0.25, 0.3) is 5.91 Å². The standard InChI is InChI=1S/C33H53NO7S2/c1-27(2)11-7-17-34-33(36)29-13-6-16-31(25-29)41-26-32(43-42-5)40-24-23-39-22-21-38-20-10-15-30(35)14-9-19-37-18-8-12-28(3)4/h6,13,16,25,27-28,32H,7,9-11,14-15,17-24,26H2,1-5H3,(H,34,36). The van der Waals surface area contributed by atoms with Crippen molar-refractivity contribution in [2.24, 2.45) is 11.8 Å². The number of hydrogen-bond donors (Lipinski definition) is 1. The maximum Gasteiger partial charge on any atom is 0.251 e. The van der Waals surface area contributed by atoms with Gasteiger partial charge < -0.3 is 29.0 Å². The molecule has 0 radical (unpaired) electrons. The molecule has 1 atom stereocenters. The largest absolute Gasteiger partial charge is 0.490 e. The van der Waals surface area contributed by atoms with Gasteiger partial charge in [0, 0.05) is 44.1 Å². The molecule has 0 aliphatic rings. The van der Waals surface area contributed by atoms with Gasteiger partial charge in [-0.3, -0.25) is 9.59 Å². The highest BCUT2D eigenvalue weighted by Gasteiger charge is 2.12. The predicted octanol–water partition coefficient (Wildman–Crippen LogP) is 6.42. The van der Waals surface area contributed by atoms with Crippen LogP contribution in [0, 0.1) is 23.7 Å². The molecule has 43 heavy (non-hydrogen) atoms. The molecule has 1 aromatic rings. The van der Waals surface area contributed by atoms with E-state index in [9.17, 15) is 9.59 Å². The van der Waals surface area contributed by atoms with E-state index in [1.807, 2.05) is 32.2 Å². The van der Waals surface area contributed by atoms with Crippen LogP contribution in [0.3, 0.4) is 0 Å². The monoisotopic (exact) mass is 639 g/mol. The number of rotatable bonds is 26. The van der Waals surface area contributed by atoms with Crippen LogP contribution >= 0.6 is 21.6 Å². The Hall–Kier alpha value is -1.74. The van der Waals surface area contributed by atoms with Gasteiger partial charge in [-0.2, -0.15) is 0 Å². The summed E-state index contributed by atoms with van der Waals surface area (Å²) < 4.78 is 28.5. The van der Waals surface area contributed by atoms with Crippen molar-refractivity contribution in [2.75, 3.05) is 65.7 Å². The van der Waals surface area contributed by atoms with E-state index in [2.05, 4.69) is 31.0 Å². The van der Waals surface area contributed by atoms with Gasteiger partial charge in [-0.25, -0.2) is 0 Å². The fourth-order valence-corrected chi connectivity index (χ4v) is 5.18. The molecule has 0 saturated carbocycles. The summed E-state index contributed by atoms with van der Waals surface area (Å²) in [5.74, 6) is 7.78. The first-order valence-electron chi connectivity index (χ1n) is 15.4. The predicted molar refractivity (Wildman–Crippen MR) is 178 cm³/mol. The maximum atomic E-state index is 12.5.